The fraction of sp³-hybridized carbons (Fsp3) is 0.0741. The van der Waals surface area contributed by atoms with Crippen molar-refractivity contribution in [2.75, 3.05) is 9.80 Å². The Balaban J connectivity index is 0.00000449. The summed E-state index contributed by atoms with van der Waals surface area (Å²) in [4.78, 5) is 9.46. The molecule has 290 valence electrons. The molecule has 10 rings (SSSR count). The first-order chi connectivity index (χ1) is 28.4. The Kier molecular flexibility index (Phi) is 10.1. The van der Waals surface area contributed by atoms with Crippen LogP contribution in [0.3, 0.4) is 0 Å². The number of anilines is 4. The monoisotopic (exact) mass is 940 g/mol. The molecule has 0 saturated carbocycles. The Morgan fingerprint density at radius 3 is 1.85 bits per heavy atom. The van der Waals surface area contributed by atoms with Gasteiger partial charge in [-0.1, -0.05) is 141 Å². The van der Waals surface area contributed by atoms with Crippen LogP contribution < -0.4 is 9.80 Å². The first-order valence-corrected chi connectivity index (χ1v) is 19.8. The third kappa shape index (κ3) is 6.98. The van der Waals surface area contributed by atoms with E-state index in [0.29, 0.717) is 0 Å². The Bertz CT molecular complexity index is 2920. The average molecular weight is 941 g/mol. The van der Waals surface area contributed by atoms with Crippen molar-refractivity contribution < 1.29 is 21.1 Å². The summed E-state index contributed by atoms with van der Waals surface area (Å²) in [6, 6.07) is 72.3. The van der Waals surface area contributed by atoms with Gasteiger partial charge >= 0.3 is 0 Å². The van der Waals surface area contributed by atoms with Gasteiger partial charge in [-0.15, -0.1) is 65.8 Å². The van der Waals surface area contributed by atoms with Crippen LogP contribution in [0.4, 0.5) is 22.7 Å². The van der Waals surface area contributed by atoms with E-state index in [-0.39, 0.29) is 26.5 Å². The minimum atomic E-state index is -0.0340. The molecule has 0 fully saturated rings. The molecule has 9 aromatic rings. The van der Waals surface area contributed by atoms with Gasteiger partial charge in [0.2, 0.25) is 0 Å². The van der Waals surface area contributed by atoms with E-state index in [1.54, 1.807) is 0 Å². The van der Waals surface area contributed by atoms with Gasteiger partial charge < -0.3 is 14.4 Å². The summed E-state index contributed by atoms with van der Waals surface area (Å²) >= 11 is 0. The molecule has 0 saturated heterocycles. The van der Waals surface area contributed by atoms with Crippen molar-refractivity contribution in [1.29, 1.82) is 0 Å². The fourth-order valence-corrected chi connectivity index (χ4v) is 8.20. The molecule has 0 aliphatic carbocycles. The Morgan fingerprint density at radius 1 is 0.542 bits per heavy atom. The molecule has 5 heteroatoms. The first-order valence-electron chi connectivity index (χ1n) is 19.8. The predicted octanol–water partition coefficient (Wildman–Crippen LogP) is 13.5. The summed E-state index contributed by atoms with van der Waals surface area (Å²) in [5.41, 5.74) is 13.9. The van der Waals surface area contributed by atoms with E-state index in [2.05, 4.69) is 236 Å². The summed E-state index contributed by atoms with van der Waals surface area (Å²) in [7, 11) is 0. The van der Waals surface area contributed by atoms with Crippen LogP contribution in [0.25, 0.3) is 38.8 Å². The minimum Gasteiger partial charge on any atom is -0.488 e. The van der Waals surface area contributed by atoms with Gasteiger partial charge in [0.25, 0.3) is 0 Å². The van der Waals surface area contributed by atoms with Crippen LogP contribution in [0.5, 0.6) is 0 Å². The molecule has 0 spiro atoms. The van der Waals surface area contributed by atoms with Crippen molar-refractivity contribution in [2.24, 2.45) is 0 Å². The number of hydrogen-bond acceptors (Lipinski definition) is 3. The molecule has 59 heavy (non-hydrogen) atoms. The van der Waals surface area contributed by atoms with Crippen LogP contribution >= 0.6 is 0 Å². The molecule has 0 N–H and O–H groups in total. The minimum absolute atomic E-state index is 0. The third-order valence-corrected chi connectivity index (χ3v) is 11.0. The van der Waals surface area contributed by atoms with E-state index in [4.69, 9.17) is 4.98 Å². The smallest absolute Gasteiger partial charge is 0.136 e. The molecule has 4 nitrogen and oxygen atoms in total. The van der Waals surface area contributed by atoms with Crippen LogP contribution in [0.1, 0.15) is 48.6 Å². The number of pyridine rings is 1. The second kappa shape index (κ2) is 15.7. The van der Waals surface area contributed by atoms with E-state index >= 15 is 0 Å². The number of benzene rings is 7. The molecule has 2 aromatic heterocycles. The number of aromatic nitrogens is 2. The molecular formula is C54H41N4Pt-3. The summed E-state index contributed by atoms with van der Waals surface area (Å²) in [6.07, 6.45) is 1.93. The van der Waals surface area contributed by atoms with Crippen LogP contribution in [0, 0.1) is 18.8 Å². The average Bonchev–Trinajstić information content (AvgIpc) is 3.82. The maximum absolute atomic E-state index is 4.97. The number of hydrogen-bond donors (Lipinski definition) is 0. The third-order valence-electron chi connectivity index (χ3n) is 11.0. The Morgan fingerprint density at radius 2 is 1.15 bits per heavy atom. The maximum Gasteiger partial charge on any atom is 0.136 e. The van der Waals surface area contributed by atoms with Crippen LogP contribution in [0.2, 0.25) is 0 Å². The van der Waals surface area contributed by atoms with Gasteiger partial charge in [-0.2, -0.15) is 0 Å². The van der Waals surface area contributed by atoms with E-state index in [1.165, 1.54) is 10.9 Å². The molecule has 1 aliphatic rings. The quantitative estimate of drug-likeness (QED) is 0.118. The van der Waals surface area contributed by atoms with E-state index in [0.717, 1.165) is 78.4 Å². The molecule has 3 heterocycles. The van der Waals surface area contributed by atoms with Crippen molar-refractivity contribution in [3.8, 4) is 5.82 Å². The molecule has 0 bridgehead atoms. The molecule has 0 unspecified atom stereocenters. The standard InChI is InChI=1S/C54H41N4.Pt/c1-54(2,3)42-32-33-55-51(36-42)58-47-27-14-13-26-45(47)46-31-30-41(35-50(46)58)53(52(38-18-7-4-8-19-38)39-20-9-5-10-21-39)40-22-17-25-44(34-40)57-37-56(43-23-11-6-12-24-43)48-28-15-16-29-49(48)57;/h4-33,36-37H,1-3H3;/q-3;. The second-order valence-corrected chi connectivity index (χ2v) is 15.8. The van der Waals surface area contributed by atoms with Crippen molar-refractivity contribution >= 4 is 55.7 Å². The Hall–Kier alpha value is -6.48. The number of rotatable bonds is 7. The summed E-state index contributed by atoms with van der Waals surface area (Å²) < 4.78 is 2.28. The van der Waals surface area contributed by atoms with Gasteiger partial charge in [0.15, 0.2) is 0 Å². The zero-order valence-corrected chi connectivity index (χ0v) is 35.4. The van der Waals surface area contributed by atoms with E-state index in [1.807, 2.05) is 6.20 Å². The van der Waals surface area contributed by atoms with Crippen LogP contribution in [0.15, 0.2) is 188 Å². The number of fused-ring (bicyclic) bond motifs is 4. The first kappa shape index (κ1) is 38.1. The van der Waals surface area contributed by atoms with Gasteiger partial charge in [-0.25, -0.2) is 4.98 Å². The molecule has 0 atom stereocenters. The predicted molar refractivity (Wildman–Crippen MR) is 241 cm³/mol. The zero-order valence-electron chi connectivity index (χ0n) is 33.1. The summed E-state index contributed by atoms with van der Waals surface area (Å²) in [5, 5.41) is 2.30. The van der Waals surface area contributed by atoms with Gasteiger partial charge in [0.05, 0.1) is 0 Å². The fourth-order valence-electron chi connectivity index (χ4n) is 8.20. The Labute approximate surface area is 361 Å². The van der Waals surface area contributed by atoms with Crippen molar-refractivity contribution in [1.82, 2.24) is 9.55 Å². The van der Waals surface area contributed by atoms with Crippen molar-refractivity contribution in [3.63, 3.8) is 0 Å². The second-order valence-electron chi connectivity index (χ2n) is 15.8. The number of nitrogens with zero attached hydrogens (tertiary/aromatic N) is 4. The van der Waals surface area contributed by atoms with Gasteiger partial charge in [-0.3, -0.25) is 0 Å². The zero-order chi connectivity index (χ0) is 39.2. The van der Waals surface area contributed by atoms with Crippen molar-refractivity contribution in [3.05, 3.63) is 235 Å². The van der Waals surface area contributed by atoms with E-state index in [9.17, 15) is 0 Å². The SMILES string of the molecule is CC(C)(C)c1ccnc(-n2c3[c-]c(C(=C(c4ccccc4)c4ccccc4)c4[c-]c(N5[CH-]N(c6ccccc6)c6ccccc65)ccc4)ccc3c3ccccc32)c1.[Pt]. The number of para-hydroxylation sites is 4. The van der Waals surface area contributed by atoms with Gasteiger partial charge in [0.1, 0.15) is 5.82 Å². The van der Waals surface area contributed by atoms with Crippen LogP contribution in [-0.4, -0.2) is 9.55 Å². The molecule has 7 aromatic carbocycles. The normalized spacial score (nSPS) is 12.4. The molecule has 0 amide bonds. The topological polar surface area (TPSA) is 24.3 Å². The van der Waals surface area contributed by atoms with E-state index < -0.39 is 0 Å². The maximum atomic E-state index is 4.97. The summed E-state index contributed by atoms with van der Waals surface area (Å²) in [5.74, 6) is 0.878. The molecule has 0 radical (unpaired) electrons. The van der Waals surface area contributed by atoms with Crippen molar-refractivity contribution in [2.45, 2.75) is 26.2 Å². The molecule has 1 aliphatic heterocycles. The molecular weight excluding hydrogens is 900 g/mol. The largest absolute Gasteiger partial charge is 0.488 e. The van der Waals surface area contributed by atoms with Gasteiger partial charge in [-0.05, 0) is 81.0 Å². The van der Waals surface area contributed by atoms with Gasteiger partial charge in [0, 0.05) is 49.8 Å². The van der Waals surface area contributed by atoms with Crippen LogP contribution in [-0.2, 0) is 26.5 Å². The summed E-state index contributed by atoms with van der Waals surface area (Å²) in [6.45, 7) is 8.91.